The van der Waals surface area contributed by atoms with Gasteiger partial charge in [-0.15, -0.1) is 0 Å². The smallest absolute Gasteiger partial charge is 0.387 e. The predicted molar refractivity (Wildman–Crippen MR) is 63.2 cm³/mol. The van der Waals surface area contributed by atoms with E-state index in [1.807, 2.05) is 26.8 Å². The van der Waals surface area contributed by atoms with Gasteiger partial charge in [-0.05, 0) is 36.1 Å². The molecule has 0 aromatic heterocycles. The Morgan fingerprint density at radius 3 is 2.06 bits per heavy atom. The fourth-order valence-corrected chi connectivity index (χ4v) is 1.47. The Labute approximate surface area is 96.4 Å². The number of ether oxygens (including phenoxy) is 1. The van der Waals surface area contributed by atoms with Gasteiger partial charge >= 0.3 is 6.61 Å². The van der Waals surface area contributed by atoms with Crippen LogP contribution in [0.2, 0.25) is 0 Å². The zero-order chi connectivity index (χ0) is 12.7. The van der Waals surface area contributed by atoms with E-state index in [4.69, 9.17) is 0 Å². The second-order valence-corrected chi connectivity index (χ2v) is 3.55. The van der Waals surface area contributed by atoms with E-state index in [1.54, 1.807) is 12.1 Å². The van der Waals surface area contributed by atoms with Gasteiger partial charge in [0.2, 0.25) is 0 Å². The summed E-state index contributed by atoms with van der Waals surface area (Å²) in [7, 11) is 0. The summed E-state index contributed by atoms with van der Waals surface area (Å²) in [6, 6.07) is 5.05. The Kier molecular flexibility index (Phi) is 6.70. The molecule has 1 nitrogen and oxygen atoms in total. The van der Waals surface area contributed by atoms with Gasteiger partial charge in [-0.1, -0.05) is 33.8 Å². The van der Waals surface area contributed by atoms with Gasteiger partial charge in [-0.2, -0.15) is 8.78 Å². The minimum atomic E-state index is -2.75. The number of aryl methyl sites for hydroxylation is 1. The molecule has 0 aliphatic heterocycles. The highest BCUT2D eigenvalue weighted by Crippen LogP contribution is 2.24. The van der Waals surface area contributed by atoms with Crippen molar-refractivity contribution in [2.75, 3.05) is 0 Å². The van der Waals surface area contributed by atoms with Gasteiger partial charge in [0, 0.05) is 0 Å². The number of rotatable bonds is 3. The van der Waals surface area contributed by atoms with Crippen molar-refractivity contribution in [2.45, 2.75) is 47.1 Å². The molecule has 92 valence electrons. The topological polar surface area (TPSA) is 9.23 Å². The van der Waals surface area contributed by atoms with Crippen molar-refractivity contribution in [3.63, 3.8) is 0 Å². The van der Waals surface area contributed by atoms with E-state index in [9.17, 15) is 8.78 Å². The molecule has 0 saturated carbocycles. The van der Waals surface area contributed by atoms with E-state index in [1.165, 1.54) is 0 Å². The number of halogens is 2. The Balaban J connectivity index is 0.00000106. The molecule has 0 aliphatic carbocycles. The van der Waals surface area contributed by atoms with Crippen LogP contribution in [0.1, 0.15) is 44.7 Å². The number of hydrogen-bond donors (Lipinski definition) is 0. The highest BCUT2D eigenvalue weighted by molar-refractivity contribution is 5.36. The molecule has 0 atom stereocenters. The van der Waals surface area contributed by atoms with Gasteiger partial charge < -0.3 is 4.74 Å². The van der Waals surface area contributed by atoms with Crippen molar-refractivity contribution in [2.24, 2.45) is 0 Å². The number of alkyl halides is 2. The van der Waals surface area contributed by atoms with Crippen LogP contribution < -0.4 is 4.74 Å². The summed E-state index contributed by atoms with van der Waals surface area (Å²) in [5.41, 5.74) is 2.14. The third-order valence-electron chi connectivity index (χ3n) is 2.09. The minimum absolute atomic E-state index is 0.224. The van der Waals surface area contributed by atoms with Crippen LogP contribution in [-0.2, 0) is 0 Å². The normalized spacial score (nSPS) is 10.1. The van der Waals surface area contributed by atoms with Gasteiger partial charge in [-0.3, -0.25) is 0 Å². The van der Waals surface area contributed by atoms with E-state index in [-0.39, 0.29) is 5.75 Å². The van der Waals surface area contributed by atoms with Crippen LogP contribution in [0.5, 0.6) is 5.75 Å². The maximum atomic E-state index is 11.9. The third kappa shape index (κ3) is 4.60. The molecule has 0 fully saturated rings. The summed E-state index contributed by atoms with van der Waals surface area (Å²) in [6.45, 7) is 7.28. The molecule has 1 rings (SSSR count). The summed E-state index contributed by atoms with van der Waals surface area (Å²) in [6.07, 6.45) is 0. The second kappa shape index (κ2) is 7.20. The minimum Gasteiger partial charge on any atom is -0.435 e. The second-order valence-electron chi connectivity index (χ2n) is 3.55. The van der Waals surface area contributed by atoms with Crippen LogP contribution in [0.25, 0.3) is 0 Å². The van der Waals surface area contributed by atoms with E-state index in [0.717, 1.165) is 11.1 Å². The van der Waals surface area contributed by atoms with Crippen molar-refractivity contribution < 1.29 is 13.5 Å². The molecule has 0 heterocycles. The van der Waals surface area contributed by atoms with Crippen molar-refractivity contribution >= 4 is 0 Å². The van der Waals surface area contributed by atoms with E-state index in [0.29, 0.717) is 5.92 Å². The molecule has 0 spiro atoms. The number of benzene rings is 1. The van der Waals surface area contributed by atoms with Crippen LogP contribution in [0, 0.1) is 6.92 Å². The van der Waals surface area contributed by atoms with Crippen molar-refractivity contribution in [1.82, 2.24) is 0 Å². The molecule has 0 amide bonds. The van der Waals surface area contributed by atoms with Gasteiger partial charge in [-0.25, -0.2) is 0 Å². The predicted octanol–water partition coefficient (Wildman–Crippen LogP) is 4.75. The van der Waals surface area contributed by atoms with Crippen molar-refractivity contribution in [1.29, 1.82) is 0 Å². The summed E-state index contributed by atoms with van der Waals surface area (Å²) in [5.74, 6) is 0.623. The Morgan fingerprint density at radius 1 is 1.12 bits per heavy atom. The van der Waals surface area contributed by atoms with E-state index < -0.39 is 6.61 Å². The Hall–Kier alpha value is -1.12. The quantitative estimate of drug-likeness (QED) is 0.728. The Bertz CT molecular complexity index is 309. The van der Waals surface area contributed by atoms with Crippen molar-refractivity contribution in [3.8, 4) is 5.75 Å². The molecule has 3 heteroatoms. The molecule has 1 aromatic rings. The van der Waals surface area contributed by atoms with Crippen LogP contribution in [-0.4, -0.2) is 6.61 Å². The molecule has 1 aromatic carbocycles. The molecule has 0 unspecified atom stereocenters. The lowest BCUT2D eigenvalue weighted by Crippen LogP contribution is -2.02. The zero-order valence-electron chi connectivity index (χ0n) is 10.6. The highest BCUT2D eigenvalue weighted by atomic mass is 19.3. The van der Waals surface area contributed by atoms with Crippen LogP contribution in [0.15, 0.2) is 18.2 Å². The molecule has 0 N–H and O–H groups in total. The average Bonchev–Trinajstić information content (AvgIpc) is 2.19. The maximum Gasteiger partial charge on any atom is 0.387 e. The fourth-order valence-electron chi connectivity index (χ4n) is 1.47. The summed E-state index contributed by atoms with van der Waals surface area (Å²) < 4.78 is 28.1. The molecule has 0 saturated heterocycles. The summed E-state index contributed by atoms with van der Waals surface area (Å²) in [4.78, 5) is 0. The third-order valence-corrected chi connectivity index (χ3v) is 2.09. The largest absolute Gasteiger partial charge is 0.435 e. The SMILES string of the molecule is CC.Cc1cc(OC(F)F)ccc1C(C)C. The standard InChI is InChI=1S/C11H14F2O.C2H6/c1-7(2)10-5-4-9(6-8(10)3)14-11(12)13;1-2/h4-7,11H,1-3H3;1-2H3. The maximum absolute atomic E-state index is 11.9. The fraction of sp³-hybridized carbons (Fsp3) is 0.538. The first-order valence-corrected chi connectivity index (χ1v) is 5.56. The van der Waals surface area contributed by atoms with Gasteiger partial charge in [0.1, 0.15) is 5.75 Å². The summed E-state index contributed by atoms with van der Waals surface area (Å²) in [5, 5.41) is 0. The van der Waals surface area contributed by atoms with E-state index >= 15 is 0 Å². The Morgan fingerprint density at radius 2 is 1.69 bits per heavy atom. The van der Waals surface area contributed by atoms with Crippen LogP contribution in [0.4, 0.5) is 8.78 Å². The first-order chi connectivity index (χ1) is 7.50. The van der Waals surface area contributed by atoms with E-state index in [2.05, 4.69) is 18.6 Å². The zero-order valence-corrected chi connectivity index (χ0v) is 10.6. The molecule has 0 bridgehead atoms. The lowest BCUT2D eigenvalue weighted by molar-refractivity contribution is -0.0498. The first-order valence-electron chi connectivity index (χ1n) is 5.56. The van der Waals surface area contributed by atoms with Crippen LogP contribution >= 0.6 is 0 Å². The van der Waals surface area contributed by atoms with Gasteiger partial charge in [0.25, 0.3) is 0 Å². The van der Waals surface area contributed by atoms with Gasteiger partial charge in [0.05, 0.1) is 0 Å². The molecule has 0 radical (unpaired) electrons. The molecular formula is C13H20F2O. The summed E-state index contributed by atoms with van der Waals surface area (Å²) >= 11 is 0. The average molecular weight is 230 g/mol. The molecule has 0 aliphatic rings. The van der Waals surface area contributed by atoms with Gasteiger partial charge in [0.15, 0.2) is 0 Å². The highest BCUT2D eigenvalue weighted by Gasteiger charge is 2.07. The number of hydrogen-bond acceptors (Lipinski definition) is 1. The molecular weight excluding hydrogens is 210 g/mol. The van der Waals surface area contributed by atoms with Crippen LogP contribution in [0.3, 0.4) is 0 Å². The lowest BCUT2D eigenvalue weighted by Gasteiger charge is -2.11. The molecule has 16 heavy (non-hydrogen) atoms. The monoisotopic (exact) mass is 230 g/mol. The first kappa shape index (κ1) is 14.9. The lowest BCUT2D eigenvalue weighted by atomic mass is 9.98. The van der Waals surface area contributed by atoms with Crippen molar-refractivity contribution in [3.05, 3.63) is 29.3 Å².